The average molecular weight is 374 g/mol. The molecule has 27 heavy (non-hydrogen) atoms. The second-order valence-corrected chi connectivity index (χ2v) is 7.23. The summed E-state index contributed by atoms with van der Waals surface area (Å²) in [5, 5.41) is 3.82. The molecule has 0 aliphatic carbocycles. The lowest BCUT2D eigenvalue weighted by atomic mass is 10.1. The van der Waals surface area contributed by atoms with Gasteiger partial charge in [-0.1, -0.05) is 30.3 Å². The first-order valence-corrected chi connectivity index (χ1v) is 9.40. The summed E-state index contributed by atoms with van der Waals surface area (Å²) in [5.74, 6) is -0.183. The van der Waals surface area contributed by atoms with Crippen molar-refractivity contribution < 1.29 is 4.79 Å². The van der Waals surface area contributed by atoms with Crippen LogP contribution < -0.4 is 11.1 Å². The Morgan fingerprint density at radius 1 is 1.07 bits per heavy atom. The van der Waals surface area contributed by atoms with E-state index in [1.807, 2.05) is 61.5 Å². The van der Waals surface area contributed by atoms with Crippen molar-refractivity contribution in [3.05, 3.63) is 77.4 Å². The van der Waals surface area contributed by atoms with E-state index in [-0.39, 0.29) is 11.9 Å². The van der Waals surface area contributed by atoms with Crippen molar-refractivity contribution in [3.8, 4) is 11.3 Å². The number of fused-ring (bicyclic) bond motifs is 1. The monoisotopic (exact) mass is 374 g/mol. The van der Waals surface area contributed by atoms with Crippen LogP contribution in [0.3, 0.4) is 0 Å². The number of aromatic nitrogens is 2. The highest BCUT2D eigenvalue weighted by Gasteiger charge is 2.19. The van der Waals surface area contributed by atoms with E-state index < -0.39 is 0 Å². The summed E-state index contributed by atoms with van der Waals surface area (Å²) in [7, 11) is 0. The van der Waals surface area contributed by atoms with E-state index in [0.29, 0.717) is 10.6 Å². The van der Waals surface area contributed by atoms with Gasteiger partial charge in [-0.25, -0.2) is 4.98 Å². The number of carbonyl (C=O) groups is 1. The van der Waals surface area contributed by atoms with Crippen molar-refractivity contribution in [2.45, 2.75) is 13.0 Å². The first-order valence-electron chi connectivity index (χ1n) is 8.58. The molecule has 0 saturated heterocycles. The summed E-state index contributed by atoms with van der Waals surface area (Å²) in [6.07, 6.45) is 3.46. The normalized spacial score (nSPS) is 12.0. The Balaban J connectivity index is 1.64. The molecule has 4 rings (SSSR count). The van der Waals surface area contributed by atoms with Crippen LogP contribution in [0.5, 0.6) is 0 Å². The molecule has 3 heterocycles. The lowest BCUT2D eigenvalue weighted by Crippen LogP contribution is -2.26. The van der Waals surface area contributed by atoms with E-state index in [2.05, 4.69) is 15.3 Å². The number of carbonyl (C=O) groups excluding carboxylic acids is 1. The SMILES string of the molecule is C[C@H](NC(=O)c1sc2nc(-c3ccncc3)ccc2c1N)c1ccccc1. The lowest BCUT2D eigenvalue weighted by Gasteiger charge is -2.13. The van der Waals surface area contributed by atoms with Crippen molar-refractivity contribution in [3.63, 3.8) is 0 Å². The fraction of sp³-hybridized carbons (Fsp3) is 0.0952. The summed E-state index contributed by atoms with van der Waals surface area (Å²) in [4.78, 5) is 22.7. The maximum Gasteiger partial charge on any atom is 0.264 e. The molecule has 0 saturated carbocycles. The van der Waals surface area contributed by atoms with Gasteiger partial charge >= 0.3 is 0 Å². The van der Waals surface area contributed by atoms with Crippen LogP contribution in [0, 0.1) is 0 Å². The molecule has 4 aromatic rings. The van der Waals surface area contributed by atoms with Crippen LogP contribution in [-0.4, -0.2) is 15.9 Å². The minimum Gasteiger partial charge on any atom is -0.397 e. The molecule has 0 radical (unpaired) electrons. The molecule has 134 valence electrons. The summed E-state index contributed by atoms with van der Waals surface area (Å²) in [6.45, 7) is 1.95. The van der Waals surface area contributed by atoms with Crippen LogP contribution in [-0.2, 0) is 0 Å². The van der Waals surface area contributed by atoms with Crippen molar-refractivity contribution >= 4 is 33.1 Å². The molecule has 0 spiro atoms. The first-order chi connectivity index (χ1) is 13.1. The third kappa shape index (κ3) is 3.39. The minimum atomic E-state index is -0.183. The highest BCUT2D eigenvalue weighted by atomic mass is 32.1. The van der Waals surface area contributed by atoms with Gasteiger partial charge in [0.15, 0.2) is 0 Å². The highest BCUT2D eigenvalue weighted by Crippen LogP contribution is 2.34. The Labute approximate surface area is 160 Å². The lowest BCUT2D eigenvalue weighted by molar-refractivity contribution is 0.0945. The number of nitrogens with one attached hydrogen (secondary N) is 1. The van der Waals surface area contributed by atoms with E-state index in [9.17, 15) is 4.79 Å². The zero-order valence-corrected chi connectivity index (χ0v) is 15.5. The van der Waals surface area contributed by atoms with Gasteiger partial charge < -0.3 is 11.1 Å². The zero-order valence-electron chi connectivity index (χ0n) is 14.7. The molecule has 0 aliphatic rings. The van der Waals surface area contributed by atoms with E-state index >= 15 is 0 Å². The Bertz CT molecular complexity index is 1090. The predicted octanol–water partition coefficient (Wildman–Crippen LogP) is 4.43. The van der Waals surface area contributed by atoms with Crippen molar-refractivity contribution in [2.24, 2.45) is 0 Å². The Hall–Kier alpha value is -3.25. The number of pyridine rings is 2. The number of anilines is 1. The smallest absolute Gasteiger partial charge is 0.264 e. The molecule has 0 fully saturated rings. The van der Waals surface area contributed by atoms with Crippen LogP contribution in [0.2, 0.25) is 0 Å². The first kappa shape index (κ1) is 17.2. The minimum absolute atomic E-state index is 0.108. The second-order valence-electron chi connectivity index (χ2n) is 6.24. The van der Waals surface area contributed by atoms with Crippen molar-refractivity contribution in [1.82, 2.24) is 15.3 Å². The van der Waals surface area contributed by atoms with Crippen LogP contribution in [0.25, 0.3) is 21.5 Å². The maximum absolute atomic E-state index is 12.8. The van der Waals surface area contributed by atoms with Gasteiger partial charge in [0.25, 0.3) is 5.91 Å². The number of hydrogen-bond donors (Lipinski definition) is 2. The summed E-state index contributed by atoms with van der Waals surface area (Å²) < 4.78 is 0. The van der Waals surface area contributed by atoms with Crippen LogP contribution in [0.1, 0.15) is 28.2 Å². The molecular weight excluding hydrogens is 356 g/mol. The molecule has 0 aliphatic heterocycles. The van der Waals surface area contributed by atoms with Gasteiger partial charge in [-0.2, -0.15) is 0 Å². The molecule has 1 atom stereocenters. The Morgan fingerprint density at radius 3 is 2.56 bits per heavy atom. The van der Waals surface area contributed by atoms with Gasteiger partial charge in [0, 0.05) is 23.3 Å². The molecule has 5 nitrogen and oxygen atoms in total. The second kappa shape index (κ2) is 7.17. The molecule has 0 bridgehead atoms. The number of benzene rings is 1. The number of rotatable bonds is 4. The largest absolute Gasteiger partial charge is 0.397 e. The molecule has 0 unspecified atom stereocenters. The zero-order chi connectivity index (χ0) is 18.8. The molecule has 1 aromatic carbocycles. The predicted molar refractivity (Wildman–Crippen MR) is 110 cm³/mol. The molecule has 3 N–H and O–H groups in total. The Morgan fingerprint density at radius 2 is 1.81 bits per heavy atom. The van der Waals surface area contributed by atoms with E-state index in [1.54, 1.807) is 12.4 Å². The van der Waals surface area contributed by atoms with Gasteiger partial charge in [0.05, 0.1) is 17.4 Å². The van der Waals surface area contributed by atoms with Gasteiger partial charge in [-0.05, 0) is 36.8 Å². The Kier molecular flexibility index (Phi) is 4.56. The van der Waals surface area contributed by atoms with Crippen molar-refractivity contribution in [1.29, 1.82) is 0 Å². The van der Waals surface area contributed by atoms with E-state index in [0.717, 1.165) is 27.0 Å². The van der Waals surface area contributed by atoms with Gasteiger partial charge in [-0.3, -0.25) is 9.78 Å². The van der Waals surface area contributed by atoms with Crippen LogP contribution >= 0.6 is 11.3 Å². The number of nitrogens with two attached hydrogens (primary N) is 1. The third-order valence-electron chi connectivity index (χ3n) is 4.42. The quantitative estimate of drug-likeness (QED) is 0.554. The standard InChI is InChI=1S/C21H18N4OS/c1-13(14-5-3-2-4-6-14)24-20(26)19-18(22)16-7-8-17(25-21(16)27-19)15-9-11-23-12-10-15/h2-13H,22H2,1H3,(H,24,26)/t13-/m0/s1. The summed E-state index contributed by atoms with van der Waals surface area (Å²) in [6, 6.07) is 17.4. The summed E-state index contributed by atoms with van der Waals surface area (Å²) >= 11 is 1.31. The topological polar surface area (TPSA) is 80.9 Å². The maximum atomic E-state index is 12.8. The van der Waals surface area contributed by atoms with E-state index in [1.165, 1.54) is 11.3 Å². The number of nitrogens with zero attached hydrogens (tertiary/aromatic N) is 2. The number of hydrogen-bond acceptors (Lipinski definition) is 5. The highest BCUT2D eigenvalue weighted by molar-refractivity contribution is 7.21. The number of nitrogen functional groups attached to an aromatic ring is 1. The van der Waals surface area contributed by atoms with Crippen molar-refractivity contribution in [2.75, 3.05) is 5.73 Å². The van der Waals surface area contributed by atoms with Gasteiger partial charge in [0.1, 0.15) is 9.71 Å². The fourth-order valence-corrected chi connectivity index (χ4v) is 3.93. The number of thiophene rings is 1. The molecule has 6 heteroatoms. The average Bonchev–Trinajstić information content (AvgIpc) is 3.05. The fourth-order valence-electron chi connectivity index (χ4n) is 2.94. The summed E-state index contributed by atoms with van der Waals surface area (Å²) in [5.41, 5.74) is 9.57. The van der Waals surface area contributed by atoms with Crippen LogP contribution in [0.4, 0.5) is 5.69 Å². The van der Waals surface area contributed by atoms with Gasteiger partial charge in [-0.15, -0.1) is 11.3 Å². The third-order valence-corrected chi connectivity index (χ3v) is 5.54. The van der Waals surface area contributed by atoms with Gasteiger partial charge in [0.2, 0.25) is 0 Å². The molecule has 3 aromatic heterocycles. The van der Waals surface area contributed by atoms with Crippen LogP contribution in [0.15, 0.2) is 67.0 Å². The molecular formula is C21H18N4OS. The number of amides is 1. The molecule has 1 amide bonds. The van der Waals surface area contributed by atoms with E-state index in [4.69, 9.17) is 5.73 Å².